The van der Waals surface area contributed by atoms with Gasteiger partial charge >= 0.3 is 0 Å². The molecule has 3 aliphatic rings. The van der Waals surface area contributed by atoms with Crippen molar-refractivity contribution in [1.82, 2.24) is 5.32 Å². The van der Waals surface area contributed by atoms with E-state index < -0.39 is 0 Å². The van der Waals surface area contributed by atoms with E-state index in [1.807, 2.05) is 0 Å². The zero-order valence-electron chi connectivity index (χ0n) is 8.78. The van der Waals surface area contributed by atoms with Gasteiger partial charge in [0.15, 0.2) is 0 Å². The minimum absolute atomic E-state index is 0.0828. The number of nitrogens with one attached hydrogen (secondary N) is 1. The van der Waals surface area contributed by atoms with Crippen LogP contribution in [0, 0.1) is 23.7 Å². The van der Waals surface area contributed by atoms with Gasteiger partial charge < -0.3 is 0 Å². The van der Waals surface area contributed by atoms with Gasteiger partial charge in [0.2, 0.25) is 11.8 Å². The summed E-state index contributed by atoms with van der Waals surface area (Å²) in [6.07, 6.45) is 4.18. The van der Waals surface area contributed by atoms with E-state index in [1.165, 1.54) is 11.1 Å². The van der Waals surface area contributed by atoms with Gasteiger partial charge in [0, 0.05) is 11.8 Å². The van der Waals surface area contributed by atoms with E-state index in [-0.39, 0.29) is 35.5 Å². The highest BCUT2D eigenvalue weighted by Gasteiger charge is 2.58. The average Bonchev–Trinajstić information content (AvgIpc) is 2.77. The molecule has 2 fully saturated rings. The molecule has 3 rings (SSSR count). The van der Waals surface area contributed by atoms with Crippen LogP contribution in [0.3, 0.4) is 0 Å². The number of carbonyl (C=O) groups excluding carboxylic acids is 2. The molecule has 1 saturated heterocycles. The fraction of sp³-hybridized carbons (Fsp3) is 0.500. The lowest BCUT2D eigenvalue weighted by atomic mass is 9.85. The standard InChI is InChI=1S/C12H13NO2/c1-5(2)8-6-3-4-7(8)10-9(6)11(14)13-12(10)15/h3-4,6-7,9-10H,1-2H3,(H,13,14,15)/t6-,7-,9-,10-/m0/s1. The molecule has 4 atom stereocenters. The maximum atomic E-state index is 11.6. The topological polar surface area (TPSA) is 46.2 Å². The molecule has 0 aromatic heterocycles. The number of hydrogen-bond acceptors (Lipinski definition) is 2. The number of rotatable bonds is 0. The van der Waals surface area contributed by atoms with Crippen molar-refractivity contribution in [3.63, 3.8) is 0 Å². The Bertz CT molecular complexity index is 397. The van der Waals surface area contributed by atoms with Crippen LogP contribution in [-0.2, 0) is 9.59 Å². The van der Waals surface area contributed by atoms with E-state index in [1.54, 1.807) is 0 Å². The Morgan fingerprint density at radius 3 is 1.93 bits per heavy atom. The van der Waals surface area contributed by atoms with Crippen molar-refractivity contribution in [1.29, 1.82) is 0 Å². The summed E-state index contributed by atoms with van der Waals surface area (Å²) in [7, 11) is 0. The number of imide groups is 1. The summed E-state index contributed by atoms with van der Waals surface area (Å²) < 4.78 is 0. The van der Waals surface area contributed by atoms with E-state index in [0.29, 0.717) is 0 Å². The van der Waals surface area contributed by atoms with Gasteiger partial charge in [-0.15, -0.1) is 0 Å². The molecule has 1 heterocycles. The van der Waals surface area contributed by atoms with E-state index in [4.69, 9.17) is 0 Å². The van der Waals surface area contributed by atoms with Crippen molar-refractivity contribution < 1.29 is 9.59 Å². The van der Waals surface area contributed by atoms with Gasteiger partial charge in [0.05, 0.1) is 11.8 Å². The molecule has 78 valence electrons. The van der Waals surface area contributed by atoms with Crippen LogP contribution in [0.5, 0.6) is 0 Å². The molecule has 0 aromatic rings. The molecule has 15 heavy (non-hydrogen) atoms. The summed E-state index contributed by atoms with van der Waals surface area (Å²) in [6.45, 7) is 4.12. The third-order valence-electron chi connectivity index (χ3n) is 3.83. The summed E-state index contributed by atoms with van der Waals surface area (Å²) in [5.41, 5.74) is 2.55. The monoisotopic (exact) mass is 203 g/mol. The third kappa shape index (κ3) is 0.907. The van der Waals surface area contributed by atoms with Crippen LogP contribution in [0.2, 0.25) is 0 Å². The Balaban J connectivity index is 2.13. The van der Waals surface area contributed by atoms with Crippen LogP contribution in [0.25, 0.3) is 0 Å². The van der Waals surface area contributed by atoms with Crippen LogP contribution < -0.4 is 5.32 Å². The van der Waals surface area contributed by atoms with Gasteiger partial charge in [-0.25, -0.2) is 0 Å². The van der Waals surface area contributed by atoms with Crippen molar-refractivity contribution in [3.05, 3.63) is 23.3 Å². The minimum atomic E-state index is -0.127. The molecule has 3 nitrogen and oxygen atoms in total. The molecule has 0 radical (unpaired) electrons. The second kappa shape index (κ2) is 2.60. The first-order valence-corrected chi connectivity index (χ1v) is 5.31. The lowest BCUT2D eigenvalue weighted by Gasteiger charge is -2.13. The molecule has 1 aliphatic heterocycles. The van der Waals surface area contributed by atoms with Crippen LogP contribution in [0.1, 0.15) is 13.8 Å². The number of amides is 2. The largest absolute Gasteiger partial charge is 0.296 e. The van der Waals surface area contributed by atoms with Gasteiger partial charge in [-0.2, -0.15) is 0 Å². The highest BCUT2D eigenvalue weighted by molar-refractivity contribution is 6.07. The van der Waals surface area contributed by atoms with Gasteiger partial charge in [-0.1, -0.05) is 23.3 Å². The predicted molar refractivity (Wildman–Crippen MR) is 54.6 cm³/mol. The second-order valence-corrected chi connectivity index (χ2v) is 4.80. The highest BCUT2D eigenvalue weighted by atomic mass is 16.2. The quantitative estimate of drug-likeness (QED) is 0.472. The van der Waals surface area contributed by atoms with E-state index in [9.17, 15) is 9.59 Å². The Morgan fingerprint density at radius 1 is 1.07 bits per heavy atom. The van der Waals surface area contributed by atoms with Crippen molar-refractivity contribution >= 4 is 11.8 Å². The maximum absolute atomic E-state index is 11.6. The van der Waals surface area contributed by atoms with E-state index in [0.717, 1.165) is 0 Å². The van der Waals surface area contributed by atoms with Crippen molar-refractivity contribution in [2.24, 2.45) is 23.7 Å². The molecule has 0 unspecified atom stereocenters. The Hall–Kier alpha value is -1.38. The Labute approximate surface area is 88.2 Å². The van der Waals surface area contributed by atoms with Crippen molar-refractivity contribution in [3.8, 4) is 0 Å². The van der Waals surface area contributed by atoms with E-state index in [2.05, 4.69) is 31.3 Å². The number of fused-ring (bicyclic) bond motifs is 5. The number of allylic oxidation sites excluding steroid dienone is 4. The third-order valence-corrected chi connectivity index (χ3v) is 3.83. The smallest absolute Gasteiger partial charge is 0.231 e. The van der Waals surface area contributed by atoms with Gasteiger partial charge in [0.25, 0.3) is 0 Å². The van der Waals surface area contributed by atoms with Crippen LogP contribution in [-0.4, -0.2) is 11.8 Å². The number of carbonyl (C=O) groups is 2. The summed E-state index contributed by atoms with van der Waals surface area (Å²) in [6, 6.07) is 0. The Morgan fingerprint density at radius 2 is 1.53 bits per heavy atom. The molecule has 2 amide bonds. The molecule has 2 bridgehead atoms. The highest BCUT2D eigenvalue weighted by Crippen LogP contribution is 2.54. The lowest BCUT2D eigenvalue weighted by Crippen LogP contribution is -2.26. The molecule has 3 heteroatoms. The molecule has 2 aliphatic carbocycles. The lowest BCUT2D eigenvalue weighted by molar-refractivity contribution is -0.126. The van der Waals surface area contributed by atoms with Crippen molar-refractivity contribution in [2.45, 2.75) is 13.8 Å². The molecule has 0 spiro atoms. The van der Waals surface area contributed by atoms with Crippen LogP contribution >= 0.6 is 0 Å². The molecular weight excluding hydrogens is 190 g/mol. The summed E-state index contributed by atoms with van der Waals surface area (Å²) in [4.78, 5) is 23.3. The van der Waals surface area contributed by atoms with Crippen LogP contribution in [0.4, 0.5) is 0 Å². The van der Waals surface area contributed by atoms with Gasteiger partial charge in [-0.05, 0) is 13.8 Å². The zero-order valence-corrected chi connectivity index (χ0v) is 8.78. The minimum Gasteiger partial charge on any atom is -0.296 e. The van der Waals surface area contributed by atoms with E-state index >= 15 is 0 Å². The zero-order chi connectivity index (χ0) is 10.7. The number of hydrogen-bond donors (Lipinski definition) is 1. The first-order chi connectivity index (χ1) is 7.11. The molecular formula is C12H13NO2. The first kappa shape index (κ1) is 8.89. The maximum Gasteiger partial charge on any atom is 0.231 e. The summed E-state index contributed by atoms with van der Waals surface area (Å²) in [5.74, 6) is -0.0658. The predicted octanol–water partition coefficient (Wildman–Crippen LogP) is 1.03. The summed E-state index contributed by atoms with van der Waals surface area (Å²) in [5, 5.41) is 2.44. The second-order valence-electron chi connectivity index (χ2n) is 4.80. The SMILES string of the molecule is CC(C)=C1[C@@H]2C=C[C@@H]1[C@@H]1C(=O)NC(=O)[C@H]12. The molecule has 1 N–H and O–H groups in total. The average molecular weight is 203 g/mol. The van der Waals surface area contributed by atoms with Crippen molar-refractivity contribution in [2.75, 3.05) is 0 Å². The molecule has 1 saturated carbocycles. The first-order valence-electron chi connectivity index (χ1n) is 5.31. The fourth-order valence-electron chi connectivity index (χ4n) is 3.35. The normalized spacial score (nSPS) is 41.1. The molecule has 0 aromatic carbocycles. The summed E-state index contributed by atoms with van der Waals surface area (Å²) >= 11 is 0. The van der Waals surface area contributed by atoms with Gasteiger partial charge in [-0.3, -0.25) is 14.9 Å². The Kier molecular flexibility index (Phi) is 1.54. The van der Waals surface area contributed by atoms with Gasteiger partial charge in [0.1, 0.15) is 0 Å². The fourth-order valence-corrected chi connectivity index (χ4v) is 3.35. The van der Waals surface area contributed by atoms with Crippen LogP contribution in [0.15, 0.2) is 23.3 Å².